The van der Waals surface area contributed by atoms with Gasteiger partial charge in [0.15, 0.2) is 0 Å². The van der Waals surface area contributed by atoms with Crippen molar-refractivity contribution < 1.29 is 9.32 Å². The van der Waals surface area contributed by atoms with Crippen LogP contribution in [0.4, 0.5) is 0 Å². The molecule has 1 aliphatic rings. The number of carbonyl (C=O) groups excluding carboxylic acids is 1. The van der Waals surface area contributed by atoms with Crippen molar-refractivity contribution in [3.8, 4) is 11.4 Å². The Labute approximate surface area is 149 Å². The van der Waals surface area contributed by atoms with E-state index in [0.717, 1.165) is 24.9 Å². The van der Waals surface area contributed by atoms with E-state index in [0.29, 0.717) is 24.6 Å². The molecule has 0 spiro atoms. The second-order valence-corrected chi connectivity index (χ2v) is 6.84. The zero-order chi connectivity index (χ0) is 17.1. The van der Waals surface area contributed by atoms with E-state index in [1.165, 1.54) is 5.56 Å². The lowest BCUT2D eigenvalue weighted by Gasteiger charge is -2.24. The van der Waals surface area contributed by atoms with Crippen LogP contribution in [-0.2, 0) is 11.2 Å². The van der Waals surface area contributed by atoms with Crippen LogP contribution in [0.5, 0.6) is 0 Å². The minimum Gasteiger partial charge on any atom is -0.339 e. The highest BCUT2D eigenvalue weighted by molar-refractivity contribution is 7.07. The highest BCUT2D eigenvalue weighted by Gasteiger charge is 2.30. The van der Waals surface area contributed by atoms with Crippen LogP contribution in [0, 0.1) is 0 Å². The molecule has 0 saturated carbocycles. The third-order valence-electron chi connectivity index (χ3n) is 4.44. The normalized spacial score (nSPS) is 17.1. The number of likely N-dealkylation sites (tertiary alicyclic amines) is 1. The lowest BCUT2D eigenvalue weighted by molar-refractivity contribution is -0.132. The first-order chi connectivity index (χ1) is 12.3. The van der Waals surface area contributed by atoms with E-state index in [-0.39, 0.29) is 11.9 Å². The van der Waals surface area contributed by atoms with Gasteiger partial charge < -0.3 is 9.42 Å². The fourth-order valence-electron chi connectivity index (χ4n) is 3.20. The van der Waals surface area contributed by atoms with Gasteiger partial charge in [0.05, 0.1) is 6.04 Å². The summed E-state index contributed by atoms with van der Waals surface area (Å²) in [5.74, 6) is 1.14. The summed E-state index contributed by atoms with van der Waals surface area (Å²) >= 11 is 1.67. The summed E-state index contributed by atoms with van der Waals surface area (Å²) in [7, 11) is 0. The summed E-state index contributed by atoms with van der Waals surface area (Å²) in [4.78, 5) is 23.0. The first-order valence-electron chi connectivity index (χ1n) is 8.36. The van der Waals surface area contributed by atoms with Crippen molar-refractivity contribution in [3.63, 3.8) is 0 Å². The minimum atomic E-state index is 0.148. The zero-order valence-electron chi connectivity index (χ0n) is 13.7. The third kappa shape index (κ3) is 3.46. The number of hydrogen-bond donors (Lipinski definition) is 0. The highest BCUT2D eigenvalue weighted by Crippen LogP contribution is 2.33. The molecule has 7 heteroatoms. The average molecular weight is 354 g/mol. The summed E-state index contributed by atoms with van der Waals surface area (Å²) in [5, 5.41) is 8.17. The maximum atomic E-state index is 12.6. The number of amides is 1. The monoisotopic (exact) mass is 354 g/mol. The predicted octanol–water partition coefficient (Wildman–Crippen LogP) is 3.49. The van der Waals surface area contributed by atoms with Gasteiger partial charge in [-0.05, 0) is 47.4 Å². The molecule has 128 valence electrons. The van der Waals surface area contributed by atoms with Gasteiger partial charge in [-0.3, -0.25) is 9.78 Å². The number of pyridine rings is 1. The molecule has 25 heavy (non-hydrogen) atoms. The largest absolute Gasteiger partial charge is 0.339 e. The second-order valence-electron chi connectivity index (χ2n) is 6.06. The molecule has 1 atom stereocenters. The van der Waals surface area contributed by atoms with Crippen LogP contribution in [0.2, 0.25) is 0 Å². The van der Waals surface area contributed by atoms with Crippen molar-refractivity contribution in [3.05, 3.63) is 52.8 Å². The molecular weight excluding hydrogens is 336 g/mol. The van der Waals surface area contributed by atoms with Crippen LogP contribution in [0.25, 0.3) is 11.4 Å². The van der Waals surface area contributed by atoms with Crippen molar-refractivity contribution >= 4 is 17.2 Å². The summed E-state index contributed by atoms with van der Waals surface area (Å²) in [6.45, 7) is 0.824. The lowest BCUT2D eigenvalue weighted by atomic mass is 10.1. The molecule has 1 amide bonds. The van der Waals surface area contributed by atoms with E-state index in [1.807, 2.05) is 17.0 Å². The van der Waals surface area contributed by atoms with E-state index in [9.17, 15) is 4.79 Å². The third-order valence-corrected chi connectivity index (χ3v) is 5.14. The SMILES string of the molecule is O=C(CCc1nc(-c2cccnc2)no1)N1CCC[C@@H]1c1ccsc1. The van der Waals surface area contributed by atoms with Gasteiger partial charge >= 0.3 is 0 Å². The van der Waals surface area contributed by atoms with Crippen LogP contribution >= 0.6 is 11.3 Å². The summed E-state index contributed by atoms with van der Waals surface area (Å²) in [5.41, 5.74) is 2.05. The van der Waals surface area contributed by atoms with Crippen molar-refractivity contribution in [1.82, 2.24) is 20.0 Å². The highest BCUT2D eigenvalue weighted by atomic mass is 32.1. The number of aryl methyl sites for hydroxylation is 1. The Kier molecular flexibility index (Phi) is 4.56. The Hall–Kier alpha value is -2.54. The van der Waals surface area contributed by atoms with Crippen LogP contribution in [0.15, 0.2) is 45.9 Å². The van der Waals surface area contributed by atoms with E-state index in [4.69, 9.17) is 4.52 Å². The molecule has 6 nitrogen and oxygen atoms in total. The number of hydrogen-bond acceptors (Lipinski definition) is 6. The first-order valence-corrected chi connectivity index (χ1v) is 9.30. The summed E-state index contributed by atoms with van der Waals surface area (Å²) < 4.78 is 5.27. The van der Waals surface area contributed by atoms with Crippen LogP contribution in [-0.4, -0.2) is 32.5 Å². The van der Waals surface area contributed by atoms with E-state index in [2.05, 4.69) is 32.0 Å². The number of aromatic nitrogens is 3. The van der Waals surface area contributed by atoms with Gasteiger partial charge in [0.1, 0.15) is 0 Å². The Morgan fingerprint density at radius 3 is 3.16 bits per heavy atom. The maximum Gasteiger partial charge on any atom is 0.227 e. The molecule has 3 aromatic rings. The standard InChI is InChI=1S/C18H18N4O2S/c23-17(22-9-2-4-15(22)14-7-10-25-12-14)6-5-16-20-18(21-24-16)13-3-1-8-19-11-13/h1,3,7-8,10-12,15H,2,4-6,9H2/t15-/m1/s1. The molecule has 3 aromatic heterocycles. The van der Waals surface area contributed by atoms with Gasteiger partial charge in [-0.25, -0.2) is 0 Å². The van der Waals surface area contributed by atoms with Gasteiger partial charge in [-0.2, -0.15) is 16.3 Å². The quantitative estimate of drug-likeness (QED) is 0.701. The van der Waals surface area contributed by atoms with Crippen molar-refractivity contribution in [1.29, 1.82) is 0 Å². The molecular formula is C18H18N4O2S. The molecule has 0 radical (unpaired) electrons. The molecule has 0 N–H and O–H groups in total. The van der Waals surface area contributed by atoms with Gasteiger partial charge in [0.25, 0.3) is 0 Å². The number of carbonyl (C=O) groups is 1. The van der Waals surface area contributed by atoms with Crippen molar-refractivity contribution in [2.24, 2.45) is 0 Å². The Balaban J connectivity index is 1.38. The smallest absolute Gasteiger partial charge is 0.227 e. The van der Waals surface area contributed by atoms with Crippen LogP contribution in [0.1, 0.15) is 36.8 Å². The van der Waals surface area contributed by atoms with Crippen LogP contribution in [0.3, 0.4) is 0 Å². The topological polar surface area (TPSA) is 72.1 Å². The lowest BCUT2D eigenvalue weighted by Crippen LogP contribution is -2.30. The number of nitrogens with zero attached hydrogens (tertiary/aromatic N) is 4. The van der Waals surface area contributed by atoms with E-state index in [1.54, 1.807) is 23.7 Å². The fourth-order valence-corrected chi connectivity index (χ4v) is 3.91. The minimum absolute atomic E-state index is 0.148. The molecule has 4 heterocycles. The Morgan fingerprint density at radius 2 is 2.36 bits per heavy atom. The first kappa shape index (κ1) is 16.0. The van der Waals surface area contributed by atoms with Crippen molar-refractivity contribution in [2.75, 3.05) is 6.54 Å². The van der Waals surface area contributed by atoms with Gasteiger partial charge in [-0.1, -0.05) is 5.16 Å². The van der Waals surface area contributed by atoms with Gasteiger partial charge in [0, 0.05) is 37.3 Å². The van der Waals surface area contributed by atoms with Crippen molar-refractivity contribution in [2.45, 2.75) is 31.7 Å². The number of thiophene rings is 1. The molecule has 1 fully saturated rings. The Bertz CT molecular complexity index is 832. The molecule has 4 rings (SSSR count). The molecule has 1 saturated heterocycles. The zero-order valence-corrected chi connectivity index (χ0v) is 14.5. The summed E-state index contributed by atoms with van der Waals surface area (Å²) in [6.07, 6.45) is 6.32. The average Bonchev–Trinajstić information content (AvgIpc) is 3.41. The Morgan fingerprint density at radius 1 is 1.40 bits per heavy atom. The van der Waals surface area contributed by atoms with Gasteiger partial charge in [0.2, 0.25) is 17.6 Å². The molecule has 0 unspecified atom stereocenters. The summed E-state index contributed by atoms with van der Waals surface area (Å²) in [6, 6.07) is 6.03. The molecule has 0 bridgehead atoms. The molecule has 1 aliphatic heterocycles. The maximum absolute atomic E-state index is 12.6. The fraction of sp³-hybridized carbons (Fsp3) is 0.333. The molecule has 0 aromatic carbocycles. The van der Waals surface area contributed by atoms with Crippen LogP contribution < -0.4 is 0 Å². The molecule has 0 aliphatic carbocycles. The van der Waals surface area contributed by atoms with E-state index < -0.39 is 0 Å². The predicted molar refractivity (Wildman–Crippen MR) is 93.9 cm³/mol. The second kappa shape index (κ2) is 7.14. The number of rotatable bonds is 5. The van der Waals surface area contributed by atoms with Gasteiger partial charge in [-0.15, -0.1) is 0 Å². The van der Waals surface area contributed by atoms with E-state index >= 15 is 0 Å².